The van der Waals surface area contributed by atoms with Crippen LogP contribution in [-0.2, 0) is 14.8 Å². The van der Waals surface area contributed by atoms with E-state index in [4.69, 9.17) is 4.74 Å². The Kier molecular flexibility index (Phi) is 4.87. The number of nitrogens with zero attached hydrogens (tertiary/aromatic N) is 1. The van der Waals surface area contributed by atoms with Gasteiger partial charge in [0.15, 0.2) is 5.03 Å². The van der Waals surface area contributed by atoms with E-state index in [-0.39, 0.29) is 18.2 Å². The van der Waals surface area contributed by atoms with Crippen molar-refractivity contribution in [2.75, 3.05) is 20.3 Å². The standard InChI is InChI=1S/C8H15N3O4S/c1-15-5-7(12)2-3-11-16(13,14)8-4-9-6-10-8/h4,6-7,11-12H,2-3,5H2,1H3,(H,9,10). The largest absolute Gasteiger partial charge is 0.391 e. The molecule has 1 aromatic rings. The van der Waals surface area contributed by atoms with Gasteiger partial charge in [-0.2, -0.15) is 0 Å². The summed E-state index contributed by atoms with van der Waals surface area (Å²) in [6.07, 6.45) is 2.12. The van der Waals surface area contributed by atoms with Gasteiger partial charge < -0.3 is 14.8 Å². The molecule has 0 amide bonds. The molecule has 1 atom stereocenters. The number of imidazole rings is 1. The first-order chi connectivity index (χ1) is 7.56. The summed E-state index contributed by atoms with van der Waals surface area (Å²) in [7, 11) is -2.08. The average Bonchev–Trinajstić information content (AvgIpc) is 2.71. The van der Waals surface area contributed by atoms with E-state index in [1.54, 1.807) is 0 Å². The number of hydrogen-bond donors (Lipinski definition) is 3. The van der Waals surface area contributed by atoms with E-state index in [9.17, 15) is 13.5 Å². The molecule has 1 rings (SSSR count). The molecular weight excluding hydrogens is 234 g/mol. The Hall–Kier alpha value is -0.960. The summed E-state index contributed by atoms with van der Waals surface area (Å²) in [6.45, 7) is 0.331. The van der Waals surface area contributed by atoms with Gasteiger partial charge in [-0.25, -0.2) is 18.1 Å². The zero-order chi connectivity index (χ0) is 12.0. The van der Waals surface area contributed by atoms with E-state index in [2.05, 4.69) is 14.7 Å². The molecule has 1 heterocycles. The summed E-state index contributed by atoms with van der Waals surface area (Å²) >= 11 is 0. The second kappa shape index (κ2) is 5.94. The number of rotatable bonds is 7. The van der Waals surface area contributed by atoms with E-state index in [0.29, 0.717) is 6.42 Å². The van der Waals surface area contributed by atoms with Crippen molar-refractivity contribution in [1.82, 2.24) is 14.7 Å². The highest BCUT2D eigenvalue weighted by molar-refractivity contribution is 7.89. The van der Waals surface area contributed by atoms with Crippen LogP contribution in [-0.4, -0.2) is 49.9 Å². The lowest BCUT2D eigenvalue weighted by Gasteiger charge is -2.09. The van der Waals surface area contributed by atoms with Gasteiger partial charge >= 0.3 is 0 Å². The molecule has 92 valence electrons. The Morgan fingerprint density at radius 1 is 1.69 bits per heavy atom. The molecule has 1 unspecified atom stereocenters. The summed E-state index contributed by atoms with van der Waals surface area (Å²) in [5.74, 6) is 0. The minimum absolute atomic E-state index is 0.00808. The zero-order valence-corrected chi connectivity index (χ0v) is 9.70. The predicted octanol–water partition coefficient (Wildman–Crippen LogP) is -0.915. The number of hydrogen-bond acceptors (Lipinski definition) is 5. The topological polar surface area (TPSA) is 104 Å². The quantitative estimate of drug-likeness (QED) is 0.580. The van der Waals surface area contributed by atoms with Gasteiger partial charge in [0.2, 0.25) is 0 Å². The van der Waals surface area contributed by atoms with Crippen LogP contribution in [0.2, 0.25) is 0 Å². The Balaban J connectivity index is 2.38. The molecule has 0 saturated heterocycles. The van der Waals surface area contributed by atoms with Crippen LogP contribution in [0.4, 0.5) is 0 Å². The number of sulfonamides is 1. The van der Waals surface area contributed by atoms with Gasteiger partial charge in [-0.05, 0) is 6.42 Å². The normalized spacial score (nSPS) is 13.9. The molecule has 0 saturated carbocycles. The summed E-state index contributed by atoms with van der Waals surface area (Å²) in [5, 5.41) is 9.30. The number of aliphatic hydroxyl groups is 1. The number of methoxy groups -OCH3 is 1. The molecule has 0 aliphatic heterocycles. The zero-order valence-electron chi connectivity index (χ0n) is 8.88. The molecule has 1 aromatic heterocycles. The molecule has 7 nitrogen and oxygen atoms in total. The predicted molar refractivity (Wildman–Crippen MR) is 56.3 cm³/mol. The molecule has 3 N–H and O–H groups in total. The number of aromatic nitrogens is 2. The van der Waals surface area contributed by atoms with Crippen molar-refractivity contribution in [3.63, 3.8) is 0 Å². The second-order valence-electron chi connectivity index (χ2n) is 3.21. The van der Waals surface area contributed by atoms with Crippen LogP contribution >= 0.6 is 0 Å². The fourth-order valence-electron chi connectivity index (χ4n) is 1.10. The number of H-pyrrole nitrogens is 1. The van der Waals surface area contributed by atoms with Crippen LogP contribution in [0.25, 0.3) is 0 Å². The van der Waals surface area contributed by atoms with Crippen molar-refractivity contribution in [2.24, 2.45) is 0 Å². The van der Waals surface area contributed by atoms with Crippen LogP contribution in [0.15, 0.2) is 17.6 Å². The fourth-order valence-corrected chi connectivity index (χ4v) is 2.05. The number of ether oxygens (including phenoxy) is 1. The molecular formula is C8H15N3O4S. The minimum atomic E-state index is -3.55. The van der Waals surface area contributed by atoms with Gasteiger partial charge in [-0.1, -0.05) is 0 Å². The SMILES string of the molecule is COCC(O)CCNS(=O)(=O)c1cnc[nH]1. The van der Waals surface area contributed by atoms with E-state index >= 15 is 0 Å². The molecule has 0 radical (unpaired) electrons. The average molecular weight is 249 g/mol. The number of nitrogens with one attached hydrogen (secondary N) is 2. The molecule has 16 heavy (non-hydrogen) atoms. The van der Waals surface area contributed by atoms with Crippen molar-refractivity contribution in [3.8, 4) is 0 Å². The molecule has 0 fully saturated rings. The van der Waals surface area contributed by atoms with Crippen molar-refractivity contribution in [2.45, 2.75) is 17.6 Å². The summed E-state index contributed by atoms with van der Waals surface area (Å²) in [5.41, 5.74) is 0. The van der Waals surface area contributed by atoms with Crippen molar-refractivity contribution < 1.29 is 18.3 Å². The first-order valence-corrected chi connectivity index (χ1v) is 6.19. The lowest BCUT2D eigenvalue weighted by atomic mass is 10.3. The highest BCUT2D eigenvalue weighted by Crippen LogP contribution is 2.02. The van der Waals surface area contributed by atoms with E-state index in [0.717, 1.165) is 0 Å². The molecule has 0 aromatic carbocycles. The highest BCUT2D eigenvalue weighted by atomic mass is 32.2. The smallest absolute Gasteiger partial charge is 0.257 e. The van der Waals surface area contributed by atoms with Crippen molar-refractivity contribution in [3.05, 3.63) is 12.5 Å². The van der Waals surface area contributed by atoms with Crippen molar-refractivity contribution >= 4 is 10.0 Å². The Morgan fingerprint density at radius 3 is 3.00 bits per heavy atom. The van der Waals surface area contributed by atoms with Gasteiger partial charge in [-0.3, -0.25) is 0 Å². The van der Waals surface area contributed by atoms with Gasteiger partial charge in [0.05, 0.1) is 25.2 Å². The number of aliphatic hydroxyl groups excluding tert-OH is 1. The summed E-state index contributed by atoms with van der Waals surface area (Å²) < 4.78 is 30.1. The monoisotopic (exact) mass is 249 g/mol. The fraction of sp³-hybridized carbons (Fsp3) is 0.625. The third kappa shape index (κ3) is 3.89. The molecule has 0 bridgehead atoms. The van der Waals surface area contributed by atoms with Crippen molar-refractivity contribution in [1.29, 1.82) is 0 Å². The maximum Gasteiger partial charge on any atom is 0.257 e. The van der Waals surface area contributed by atoms with Gasteiger partial charge in [0, 0.05) is 13.7 Å². The summed E-state index contributed by atoms with van der Waals surface area (Å²) in [4.78, 5) is 6.11. The van der Waals surface area contributed by atoms with Crippen LogP contribution in [0.3, 0.4) is 0 Å². The van der Waals surface area contributed by atoms with Crippen LogP contribution in [0.5, 0.6) is 0 Å². The third-order valence-electron chi connectivity index (χ3n) is 1.89. The van der Waals surface area contributed by atoms with Crippen LogP contribution in [0, 0.1) is 0 Å². The number of aromatic amines is 1. The third-order valence-corrected chi connectivity index (χ3v) is 3.28. The van der Waals surface area contributed by atoms with E-state index in [1.807, 2.05) is 0 Å². The molecule has 0 aliphatic rings. The first kappa shape index (κ1) is 13.1. The molecule has 0 spiro atoms. The molecule has 8 heteroatoms. The van der Waals surface area contributed by atoms with Gasteiger partial charge in [0.25, 0.3) is 10.0 Å². The van der Waals surface area contributed by atoms with Gasteiger partial charge in [0.1, 0.15) is 0 Å². The Labute approximate surface area is 93.9 Å². The maximum absolute atomic E-state index is 11.5. The Morgan fingerprint density at radius 2 is 2.44 bits per heavy atom. The highest BCUT2D eigenvalue weighted by Gasteiger charge is 2.15. The van der Waals surface area contributed by atoms with E-state index < -0.39 is 16.1 Å². The van der Waals surface area contributed by atoms with Crippen LogP contribution < -0.4 is 4.72 Å². The summed E-state index contributed by atoms with van der Waals surface area (Å²) in [6, 6.07) is 0. The minimum Gasteiger partial charge on any atom is -0.391 e. The Bertz CT molecular complexity index is 389. The molecule has 0 aliphatic carbocycles. The second-order valence-corrected chi connectivity index (χ2v) is 4.95. The lowest BCUT2D eigenvalue weighted by molar-refractivity contribution is 0.0603. The van der Waals surface area contributed by atoms with E-state index in [1.165, 1.54) is 19.6 Å². The van der Waals surface area contributed by atoms with Crippen LogP contribution in [0.1, 0.15) is 6.42 Å². The maximum atomic E-state index is 11.5. The lowest BCUT2D eigenvalue weighted by Crippen LogP contribution is -2.28. The first-order valence-electron chi connectivity index (χ1n) is 4.71. The van der Waals surface area contributed by atoms with Gasteiger partial charge in [-0.15, -0.1) is 0 Å².